The molecule has 0 bridgehead atoms. The first-order valence-electron chi connectivity index (χ1n) is 5.66. The molecule has 0 saturated carbocycles. The first-order valence-corrected chi connectivity index (χ1v) is 5.66. The van der Waals surface area contributed by atoms with Crippen LogP contribution in [0.2, 0.25) is 0 Å². The average molecular weight is 200 g/mol. The van der Waals surface area contributed by atoms with E-state index in [1.54, 1.807) is 0 Å². The van der Waals surface area contributed by atoms with Gasteiger partial charge in [0.15, 0.2) is 0 Å². The van der Waals surface area contributed by atoms with Gasteiger partial charge >= 0.3 is 0 Å². The van der Waals surface area contributed by atoms with E-state index in [0.29, 0.717) is 17.5 Å². The summed E-state index contributed by atoms with van der Waals surface area (Å²) in [6, 6.07) is 1.19. The number of hydrogen-bond acceptors (Lipinski definition) is 2. The SMILES string of the molecule is CC(C)NCC(C)N(C)CC(C)(C)C. The summed E-state index contributed by atoms with van der Waals surface area (Å²) in [6.07, 6.45) is 0. The van der Waals surface area contributed by atoms with Crippen LogP contribution in [0.5, 0.6) is 0 Å². The fraction of sp³-hybridized carbons (Fsp3) is 1.00. The van der Waals surface area contributed by atoms with Crippen molar-refractivity contribution in [2.45, 2.75) is 53.6 Å². The number of nitrogens with one attached hydrogen (secondary N) is 1. The largest absolute Gasteiger partial charge is 0.313 e. The molecule has 1 atom stereocenters. The molecule has 0 spiro atoms. The normalized spacial score (nSPS) is 15.2. The van der Waals surface area contributed by atoms with Gasteiger partial charge in [0, 0.05) is 25.2 Å². The molecule has 0 heterocycles. The predicted octanol–water partition coefficient (Wildman–Crippen LogP) is 2.35. The average Bonchev–Trinajstić information content (AvgIpc) is 1.96. The van der Waals surface area contributed by atoms with Crippen molar-refractivity contribution in [1.82, 2.24) is 10.2 Å². The third kappa shape index (κ3) is 7.34. The first-order chi connectivity index (χ1) is 6.22. The minimum Gasteiger partial charge on any atom is -0.313 e. The molecule has 1 N–H and O–H groups in total. The smallest absolute Gasteiger partial charge is 0.0189 e. The van der Waals surface area contributed by atoms with Crippen molar-refractivity contribution in [3.63, 3.8) is 0 Å². The number of rotatable bonds is 5. The Bertz CT molecular complexity index is 147. The molecular formula is C12H28N2. The molecule has 0 aromatic carbocycles. The van der Waals surface area contributed by atoms with E-state index in [9.17, 15) is 0 Å². The van der Waals surface area contributed by atoms with Crippen molar-refractivity contribution in [2.75, 3.05) is 20.1 Å². The van der Waals surface area contributed by atoms with Gasteiger partial charge in [0.1, 0.15) is 0 Å². The molecule has 0 radical (unpaired) electrons. The summed E-state index contributed by atoms with van der Waals surface area (Å²) >= 11 is 0. The third-order valence-corrected chi connectivity index (χ3v) is 2.30. The quantitative estimate of drug-likeness (QED) is 0.733. The van der Waals surface area contributed by atoms with Crippen LogP contribution in [-0.2, 0) is 0 Å². The van der Waals surface area contributed by atoms with Gasteiger partial charge < -0.3 is 10.2 Å². The highest BCUT2D eigenvalue weighted by Crippen LogP contribution is 2.15. The highest BCUT2D eigenvalue weighted by molar-refractivity contribution is 4.73. The van der Waals surface area contributed by atoms with E-state index in [0.717, 1.165) is 13.1 Å². The lowest BCUT2D eigenvalue weighted by molar-refractivity contribution is 0.177. The minimum atomic E-state index is 0.390. The Kier molecular flexibility index (Phi) is 5.68. The van der Waals surface area contributed by atoms with E-state index in [-0.39, 0.29) is 0 Å². The number of likely N-dealkylation sites (N-methyl/N-ethyl adjacent to an activating group) is 1. The lowest BCUT2D eigenvalue weighted by Gasteiger charge is -2.31. The van der Waals surface area contributed by atoms with E-state index in [4.69, 9.17) is 0 Å². The third-order valence-electron chi connectivity index (χ3n) is 2.30. The lowest BCUT2D eigenvalue weighted by atomic mass is 9.95. The summed E-state index contributed by atoms with van der Waals surface area (Å²) in [5.41, 5.74) is 0.390. The van der Waals surface area contributed by atoms with Crippen LogP contribution >= 0.6 is 0 Å². The van der Waals surface area contributed by atoms with Gasteiger partial charge in [-0.25, -0.2) is 0 Å². The summed E-state index contributed by atoms with van der Waals surface area (Å²) in [4.78, 5) is 2.43. The van der Waals surface area contributed by atoms with E-state index in [1.165, 1.54) is 0 Å². The van der Waals surface area contributed by atoms with Crippen molar-refractivity contribution in [2.24, 2.45) is 5.41 Å². The lowest BCUT2D eigenvalue weighted by Crippen LogP contribution is -2.43. The zero-order chi connectivity index (χ0) is 11.4. The second-order valence-corrected chi connectivity index (χ2v) is 5.89. The van der Waals surface area contributed by atoms with Crippen molar-refractivity contribution >= 4 is 0 Å². The Morgan fingerprint density at radius 3 is 2.00 bits per heavy atom. The molecule has 0 amide bonds. The van der Waals surface area contributed by atoms with Gasteiger partial charge in [-0.1, -0.05) is 34.6 Å². The summed E-state index contributed by atoms with van der Waals surface area (Å²) in [5, 5.41) is 3.47. The highest BCUT2D eigenvalue weighted by Gasteiger charge is 2.17. The van der Waals surface area contributed by atoms with Gasteiger partial charge in [-0.2, -0.15) is 0 Å². The van der Waals surface area contributed by atoms with Crippen LogP contribution < -0.4 is 5.32 Å². The molecule has 0 aliphatic rings. The van der Waals surface area contributed by atoms with Gasteiger partial charge in [-0.15, -0.1) is 0 Å². The molecule has 2 nitrogen and oxygen atoms in total. The van der Waals surface area contributed by atoms with Crippen LogP contribution in [0.4, 0.5) is 0 Å². The molecule has 0 rings (SSSR count). The Labute approximate surface area is 90.1 Å². The summed E-state index contributed by atoms with van der Waals surface area (Å²) in [5.74, 6) is 0. The van der Waals surface area contributed by atoms with E-state index >= 15 is 0 Å². The maximum absolute atomic E-state index is 3.47. The first kappa shape index (κ1) is 13.9. The van der Waals surface area contributed by atoms with Gasteiger partial charge in [-0.05, 0) is 19.4 Å². The summed E-state index contributed by atoms with van der Waals surface area (Å²) in [7, 11) is 2.21. The summed E-state index contributed by atoms with van der Waals surface area (Å²) < 4.78 is 0. The van der Waals surface area contributed by atoms with E-state index in [1.807, 2.05) is 0 Å². The zero-order valence-corrected chi connectivity index (χ0v) is 11.0. The Morgan fingerprint density at radius 1 is 1.14 bits per heavy atom. The second kappa shape index (κ2) is 5.72. The topological polar surface area (TPSA) is 15.3 Å². The Morgan fingerprint density at radius 2 is 1.64 bits per heavy atom. The Hall–Kier alpha value is -0.0800. The summed E-state index contributed by atoms with van der Waals surface area (Å²) in [6.45, 7) is 15.7. The standard InChI is InChI=1S/C12H28N2/c1-10(2)13-8-11(3)14(7)9-12(4,5)6/h10-11,13H,8-9H2,1-7H3. The monoisotopic (exact) mass is 200 g/mol. The van der Waals surface area contributed by atoms with Crippen molar-refractivity contribution in [1.29, 1.82) is 0 Å². The highest BCUT2D eigenvalue weighted by atomic mass is 15.1. The van der Waals surface area contributed by atoms with E-state index in [2.05, 4.69) is 58.8 Å². The molecule has 14 heavy (non-hydrogen) atoms. The molecule has 0 aliphatic heterocycles. The molecule has 0 fully saturated rings. The number of nitrogens with zero attached hydrogens (tertiary/aromatic N) is 1. The van der Waals surface area contributed by atoms with Gasteiger partial charge in [-0.3, -0.25) is 0 Å². The van der Waals surface area contributed by atoms with Crippen molar-refractivity contribution < 1.29 is 0 Å². The molecular weight excluding hydrogens is 172 g/mol. The minimum absolute atomic E-state index is 0.390. The van der Waals surface area contributed by atoms with Crippen LogP contribution in [0.25, 0.3) is 0 Å². The van der Waals surface area contributed by atoms with Gasteiger partial charge in [0.25, 0.3) is 0 Å². The van der Waals surface area contributed by atoms with Crippen molar-refractivity contribution in [3.8, 4) is 0 Å². The second-order valence-electron chi connectivity index (χ2n) is 5.89. The molecule has 0 aromatic heterocycles. The van der Waals surface area contributed by atoms with Crippen LogP contribution in [0.15, 0.2) is 0 Å². The molecule has 86 valence electrons. The van der Waals surface area contributed by atoms with E-state index < -0.39 is 0 Å². The van der Waals surface area contributed by atoms with Crippen LogP contribution in [0, 0.1) is 5.41 Å². The predicted molar refractivity (Wildman–Crippen MR) is 64.7 cm³/mol. The fourth-order valence-corrected chi connectivity index (χ4v) is 1.47. The molecule has 0 saturated heterocycles. The maximum atomic E-state index is 3.47. The molecule has 0 aliphatic carbocycles. The van der Waals surface area contributed by atoms with Crippen LogP contribution in [0.3, 0.4) is 0 Å². The molecule has 1 unspecified atom stereocenters. The zero-order valence-electron chi connectivity index (χ0n) is 11.0. The fourth-order valence-electron chi connectivity index (χ4n) is 1.47. The maximum Gasteiger partial charge on any atom is 0.0189 e. The van der Waals surface area contributed by atoms with Gasteiger partial charge in [0.05, 0.1) is 0 Å². The molecule has 2 heteroatoms. The van der Waals surface area contributed by atoms with Crippen LogP contribution in [-0.4, -0.2) is 37.1 Å². The number of hydrogen-bond donors (Lipinski definition) is 1. The van der Waals surface area contributed by atoms with Crippen molar-refractivity contribution in [3.05, 3.63) is 0 Å². The Balaban J connectivity index is 3.82. The van der Waals surface area contributed by atoms with Crippen LogP contribution in [0.1, 0.15) is 41.5 Å². The molecule has 0 aromatic rings. The van der Waals surface area contributed by atoms with Gasteiger partial charge in [0.2, 0.25) is 0 Å².